The molecular weight excluding hydrogens is 184 g/mol. The molecule has 2 N–H and O–H groups in total. The largest absolute Gasteiger partial charge is 0.374 e. The lowest BCUT2D eigenvalue weighted by atomic mass is 10.0. The molecule has 0 atom stereocenters. The first-order valence-corrected chi connectivity index (χ1v) is 5.70. The molecule has 15 heavy (non-hydrogen) atoms. The normalized spacial score (nSPS) is 10.4. The van der Waals surface area contributed by atoms with E-state index in [1.807, 2.05) is 0 Å². The Morgan fingerprint density at radius 1 is 1.33 bits per heavy atom. The summed E-state index contributed by atoms with van der Waals surface area (Å²) in [5.74, 6) is 0. The van der Waals surface area contributed by atoms with Crippen molar-refractivity contribution in [2.45, 2.75) is 26.7 Å². The number of benzene rings is 1. The minimum atomic E-state index is 0.762. The molecule has 0 amide bonds. The molecule has 0 saturated carbocycles. The van der Waals surface area contributed by atoms with Gasteiger partial charge in [-0.1, -0.05) is 25.1 Å². The molecule has 0 fully saturated rings. The number of aryl methyl sites for hydroxylation is 2. The molecule has 0 aliphatic rings. The summed E-state index contributed by atoms with van der Waals surface area (Å²) >= 11 is 0. The van der Waals surface area contributed by atoms with Gasteiger partial charge in [0.2, 0.25) is 0 Å². The maximum atomic E-state index is 5.54. The lowest BCUT2D eigenvalue weighted by Crippen LogP contribution is -2.23. The lowest BCUT2D eigenvalue weighted by molar-refractivity contribution is 0.790. The molecule has 0 bridgehead atoms. The van der Waals surface area contributed by atoms with E-state index in [1.165, 1.54) is 16.8 Å². The summed E-state index contributed by atoms with van der Waals surface area (Å²) in [6, 6.07) is 6.52. The predicted molar refractivity (Wildman–Crippen MR) is 67.5 cm³/mol. The SMILES string of the molecule is CCc1cccc(C)c1N(C)CCCN. The van der Waals surface area contributed by atoms with Gasteiger partial charge in [-0.3, -0.25) is 0 Å². The van der Waals surface area contributed by atoms with Crippen molar-refractivity contribution in [3.63, 3.8) is 0 Å². The van der Waals surface area contributed by atoms with E-state index in [-0.39, 0.29) is 0 Å². The lowest BCUT2D eigenvalue weighted by Gasteiger charge is -2.24. The van der Waals surface area contributed by atoms with Crippen LogP contribution in [0.2, 0.25) is 0 Å². The molecule has 0 heterocycles. The van der Waals surface area contributed by atoms with Gasteiger partial charge >= 0.3 is 0 Å². The van der Waals surface area contributed by atoms with Crippen LogP contribution in [0.4, 0.5) is 5.69 Å². The number of nitrogens with zero attached hydrogens (tertiary/aromatic N) is 1. The van der Waals surface area contributed by atoms with Crippen molar-refractivity contribution in [2.24, 2.45) is 5.73 Å². The van der Waals surface area contributed by atoms with Crippen LogP contribution in [0.15, 0.2) is 18.2 Å². The van der Waals surface area contributed by atoms with Crippen molar-refractivity contribution < 1.29 is 0 Å². The number of anilines is 1. The molecule has 0 saturated heterocycles. The molecule has 0 aliphatic heterocycles. The smallest absolute Gasteiger partial charge is 0.0425 e. The highest BCUT2D eigenvalue weighted by Crippen LogP contribution is 2.24. The van der Waals surface area contributed by atoms with E-state index in [2.05, 4.69) is 44.0 Å². The Kier molecular flexibility index (Phi) is 4.63. The van der Waals surface area contributed by atoms with Gasteiger partial charge in [-0.05, 0) is 37.4 Å². The second-order valence-electron chi connectivity index (χ2n) is 4.00. The van der Waals surface area contributed by atoms with Gasteiger partial charge in [0.25, 0.3) is 0 Å². The van der Waals surface area contributed by atoms with Crippen molar-refractivity contribution in [3.8, 4) is 0 Å². The molecule has 1 aromatic rings. The highest BCUT2D eigenvalue weighted by molar-refractivity contribution is 5.58. The maximum Gasteiger partial charge on any atom is 0.0425 e. The third-order valence-corrected chi connectivity index (χ3v) is 2.78. The van der Waals surface area contributed by atoms with Crippen LogP contribution in [0.1, 0.15) is 24.5 Å². The second kappa shape index (κ2) is 5.76. The zero-order valence-corrected chi connectivity index (χ0v) is 10.1. The van der Waals surface area contributed by atoms with Crippen LogP contribution >= 0.6 is 0 Å². The molecule has 2 heteroatoms. The van der Waals surface area contributed by atoms with Crippen LogP contribution in [-0.2, 0) is 6.42 Å². The Balaban J connectivity index is 2.90. The Morgan fingerprint density at radius 2 is 2.07 bits per heavy atom. The molecule has 0 radical (unpaired) electrons. The van der Waals surface area contributed by atoms with Crippen LogP contribution in [0.5, 0.6) is 0 Å². The van der Waals surface area contributed by atoms with E-state index < -0.39 is 0 Å². The van der Waals surface area contributed by atoms with Gasteiger partial charge in [-0.15, -0.1) is 0 Å². The predicted octanol–water partition coefficient (Wildman–Crippen LogP) is 2.34. The van der Waals surface area contributed by atoms with Gasteiger partial charge in [0.1, 0.15) is 0 Å². The molecular formula is C13H22N2. The average Bonchev–Trinajstić information content (AvgIpc) is 2.25. The summed E-state index contributed by atoms with van der Waals surface area (Å²) in [4.78, 5) is 2.32. The van der Waals surface area contributed by atoms with Crippen LogP contribution in [0.3, 0.4) is 0 Å². The third-order valence-electron chi connectivity index (χ3n) is 2.78. The molecule has 0 spiro atoms. The molecule has 0 aliphatic carbocycles. The first kappa shape index (κ1) is 12.1. The van der Waals surface area contributed by atoms with Crippen molar-refractivity contribution in [3.05, 3.63) is 29.3 Å². The molecule has 0 unspecified atom stereocenters. The quantitative estimate of drug-likeness (QED) is 0.801. The monoisotopic (exact) mass is 206 g/mol. The first-order chi connectivity index (χ1) is 7.20. The first-order valence-electron chi connectivity index (χ1n) is 5.70. The molecule has 84 valence electrons. The summed E-state index contributed by atoms with van der Waals surface area (Å²) in [5, 5.41) is 0. The number of nitrogens with two attached hydrogens (primary N) is 1. The van der Waals surface area contributed by atoms with E-state index in [1.54, 1.807) is 0 Å². The fourth-order valence-electron chi connectivity index (χ4n) is 1.99. The Morgan fingerprint density at radius 3 is 2.67 bits per heavy atom. The zero-order valence-electron chi connectivity index (χ0n) is 10.1. The second-order valence-corrected chi connectivity index (χ2v) is 4.00. The van der Waals surface area contributed by atoms with Crippen molar-refractivity contribution in [1.29, 1.82) is 0 Å². The van der Waals surface area contributed by atoms with Gasteiger partial charge < -0.3 is 10.6 Å². The van der Waals surface area contributed by atoms with Gasteiger partial charge in [0, 0.05) is 19.3 Å². The minimum Gasteiger partial charge on any atom is -0.374 e. The van der Waals surface area contributed by atoms with Crippen molar-refractivity contribution >= 4 is 5.69 Å². The van der Waals surface area contributed by atoms with E-state index >= 15 is 0 Å². The van der Waals surface area contributed by atoms with Crippen molar-refractivity contribution in [1.82, 2.24) is 0 Å². The number of para-hydroxylation sites is 1. The Hall–Kier alpha value is -1.02. The summed E-state index contributed by atoms with van der Waals surface area (Å²) in [5.41, 5.74) is 9.70. The maximum absolute atomic E-state index is 5.54. The third kappa shape index (κ3) is 2.96. The zero-order chi connectivity index (χ0) is 11.3. The molecule has 1 aromatic carbocycles. The van der Waals surface area contributed by atoms with Gasteiger partial charge in [-0.2, -0.15) is 0 Å². The highest BCUT2D eigenvalue weighted by atomic mass is 15.1. The molecule has 0 aromatic heterocycles. The van der Waals surface area contributed by atoms with E-state index in [0.29, 0.717) is 0 Å². The number of rotatable bonds is 5. The van der Waals surface area contributed by atoms with E-state index in [0.717, 1.165) is 25.9 Å². The van der Waals surface area contributed by atoms with Gasteiger partial charge in [0.15, 0.2) is 0 Å². The topological polar surface area (TPSA) is 29.3 Å². The summed E-state index contributed by atoms with van der Waals surface area (Å²) in [6.45, 7) is 6.18. The summed E-state index contributed by atoms with van der Waals surface area (Å²) < 4.78 is 0. The van der Waals surface area contributed by atoms with Gasteiger partial charge in [0.05, 0.1) is 0 Å². The Bertz CT molecular complexity index is 307. The van der Waals surface area contributed by atoms with Crippen molar-refractivity contribution in [2.75, 3.05) is 25.0 Å². The van der Waals surface area contributed by atoms with Crippen LogP contribution < -0.4 is 10.6 Å². The summed E-state index contributed by atoms with van der Waals surface area (Å²) in [6.07, 6.45) is 2.14. The average molecular weight is 206 g/mol. The highest BCUT2D eigenvalue weighted by Gasteiger charge is 2.08. The fourth-order valence-corrected chi connectivity index (χ4v) is 1.99. The van der Waals surface area contributed by atoms with Crippen LogP contribution in [0, 0.1) is 6.92 Å². The van der Waals surface area contributed by atoms with Crippen LogP contribution in [-0.4, -0.2) is 20.1 Å². The molecule has 2 nitrogen and oxygen atoms in total. The number of hydrogen-bond donors (Lipinski definition) is 1. The molecule has 1 rings (SSSR count). The standard InChI is InChI=1S/C13H22N2/c1-4-12-8-5-7-11(2)13(12)15(3)10-6-9-14/h5,7-8H,4,6,9-10,14H2,1-3H3. The Labute approximate surface area is 93.1 Å². The van der Waals surface area contributed by atoms with Gasteiger partial charge in [-0.25, -0.2) is 0 Å². The van der Waals surface area contributed by atoms with E-state index in [4.69, 9.17) is 5.73 Å². The minimum absolute atomic E-state index is 0.762. The fraction of sp³-hybridized carbons (Fsp3) is 0.538. The number of hydrogen-bond acceptors (Lipinski definition) is 2. The van der Waals surface area contributed by atoms with E-state index in [9.17, 15) is 0 Å². The summed E-state index contributed by atoms with van der Waals surface area (Å²) in [7, 11) is 2.15. The van der Waals surface area contributed by atoms with Crippen LogP contribution in [0.25, 0.3) is 0 Å².